The van der Waals surface area contributed by atoms with E-state index in [1.165, 1.54) is 0 Å². The maximum Gasteiger partial charge on any atom is 0.416 e. The van der Waals surface area contributed by atoms with E-state index in [1.54, 1.807) is 0 Å². The van der Waals surface area contributed by atoms with Crippen LogP contribution >= 0.6 is 0 Å². The van der Waals surface area contributed by atoms with Crippen molar-refractivity contribution in [2.24, 2.45) is 0 Å². The molecule has 0 spiro atoms. The molecule has 0 saturated heterocycles. The van der Waals surface area contributed by atoms with E-state index in [-0.39, 0.29) is 22.0 Å². The molecule has 0 bridgehead atoms. The number of alkyl halides is 3. The standard InChI is InChI=1S/C25H18F5N3O4/c26-14-6-7-17(27)12(9-14)11-32-19-8-5-13(25(28,29)30)10-16(19)20(21(32)23(35)36)33-22(34)15-3-1-2-4-18(15)31-24(33)37/h5-10H,1-4,11H2,(H,31,37)(H,35,36). The van der Waals surface area contributed by atoms with Gasteiger partial charge in [0.1, 0.15) is 11.6 Å². The fraction of sp³-hybridized carbons (Fsp3) is 0.240. The summed E-state index contributed by atoms with van der Waals surface area (Å²) in [5.74, 6) is -3.37. The minimum Gasteiger partial charge on any atom is -0.477 e. The van der Waals surface area contributed by atoms with E-state index in [0.29, 0.717) is 41.7 Å². The number of aromatic amines is 1. The van der Waals surface area contributed by atoms with Crippen molar-refractivity contribution in [2.45, 2.75) is 38.4 Å². The molecule has 1 aliphatic carbocycles. The van der Waals surface area contributed by atoms with Gasteiger partial charge in [0.15, 0.2) is 5.69 Å². The lowest BCUT2D eigenvalue weighted by atomic mass is 9.97. The molecule has 0 saturated carbocycles. The average Bonchev–Trinajstić information content (AvgIpc) is 3.14. The average molecular weight is 519 g/mol. The van der Waals surface area contributed by atoms with Gasteiger partial charge in [0, 0.05) is 22.2 Å². The molecular weight excluding hydrogens is 501 g/mol. The Labute approximate surface area is 204 Å². The van der Waals surface area contributed by atoms with Gasteiger partial charge in [0.25, 0.3) is 5.56 Å². The molecule has 37 heavy (non-hydrogen) atoms. The number of carboxylic acids is 1. The van der Waals surface area contributed by atoms with Crippen molar-refractivity contribution in [3.8, 4) is 5.69 Å². The lowest BCUT2D eigenvalue weighted by Gasteiger charge is -2.16. The number of aromatic nitrogens is 3. The Morgan fingerprint density at radius 3 is 2.46 bits per heavy atom. The molecular formula is C25H18F5N3O4. The van der Waals surface area contributed by atoms with E-state index in [9.17, 15) is 41.4 Å². The Hall–Kier alpha value is -4.22. The predicted octanol–water partition coefficient (Wildman–Crippen LogP) is 4.40. The molecule has 0 unspecified atom stereocenters. The largest absolute Gasteiger partial charge is 0.477 e. The summed E-state index contributed by atoms with van der Waals surface area (Å²) in [6.45, 7) is -0.593. The molecule has 1 aliphatic rings. The summed E-state index contributed by atoms with van der Waals surface area (Å²) in [4.78, 5) is 41.5. The second kappa shape index (κ2) is 8.71. The number of H-pyrrole nitrogens is 1. The van der Waals surface area contributed by atoms with E-state index < -0.39 is 58.5 Å². The van der Waals surface area contributed by atoms with Crippen LogP contribution in [-0.2, 0) is 25.6 Å². The van der Waals surface area contributed by atoms with Gasteiger partial charge in [-0.15, -0.1) is 0 Å². The first-order valence-corrected chi connectivity index (χ1v) is 11.3. The summed E-state index contributed by atoms with van der Waals surface area (Å²) in [6, 6.07) is 4.84. The minimum absolute atomic E-state index is 0.118. The van der Waals surface area contributed by atoms with Gasteiger partial charge in [-0.05, 0) is 62.1 Å². The molecule has 0 amide bonds. The smallest absolute Gasteiger partial charge is 0.416 e. The maximum atomic E-state index is 14.5. The predicted molar refractivity (Wildman–Crippen MR) is 122 cm³/mol. The number of halogens is 5. The molecule has 7 nitrogen and oxygen atoms in total. The highest BCUT2D eigenvalue weighted by Gasteiger charge is 2.34. The number of carbonyl (C=O) groups is 1. The van der Waals surface area contributed by atoms with Crippen molar-refractivity contribution in [3.63, 3.8) is 0 Å². The Morgan fingerprint density at radius 2 is 1.76 bits per heavy atom. The molecule has 2 aromatic heterocycles. The SMILES string of the molecule is O=C(O)c1c(-n2c(=O)[nH]c3c(c2=O)CCCC3)c2cc(C(F)(F)F)ccc2n1Cc1cc(F)ccc1F. The minimum atomic E-state index is -4.82. The van der Waals surface area contributed by atoms with E-state index in [4.69, 9.17) is 0 Å². The van der Waals surface area contributed by atoms with Crippen LogP contribution < -0.4 is 11.2 Å². The van der Waals surface area contributed by atoms with Gasteiger partial charge in [-0.3, -0.25) is 4.79 Å². The van der Waals surface area contributed by atoms with Crippen LogP contribution in [0.1, 0.15) is 45.7 Å². The van der Waals surface area contributed by atoms with Gasteiger partial charge in [-0.25, -0.2) is 22.9 Å². The molecule has 2 heterocycles. The highest BCUT2D eigenvalue weighted by molar-refractivity contribution is 6.03. The molecule has 2 aromatic carbocycles. The van der Waals surface area contributed by atoms with Crippen LogP contribution in [-0.4, -0.2) is 25.2 Å². The Bertz CT molecular complexity index is 1700. The quantitative estimate of drug-likeness (QED) is 0.391. The fourth-order valence-electron chi connectivity index (χ4n) is 4.85. The number of hydrogen-bond donors (Lipinski definition) is 2. The number of rotatable bonds is 4. The highest BCUT2D eigenvalue weighted by atomic mass is 19.4. The lowest BCUT2D eigenvalue weighted by Crippen LogP contribution is -2.39. The third-order valence-corrected chi connectivity index (χ3v) is 6.52. The third-order valence-electron chi connectivity index (χ3n) is 6.52. The van der Waals surface area contributed by atoms with Crippen LogP contribution in [0.15, 0.2) is 46.0 Å². The molecule has 4 aromatic rings. The van der Waals surface area contributed by atoms with Crippen molar-refractivity contribution >= 4 is 16.9 Å². The van der Waals surface area contributed by atoms with Gasteiger partial charge in [0.2, 0.25) is 0 Å². The van der Waals surface area contributed by atoms with E-state index in [0.717, 1.165) is 35.3 Å². The number of nitrogens with one attached hydrogen (secondary N) is 1. The number of nitrogens with zero attached hydrogens (tertiary/aromatic N) is 2. The number of carboxylic acid groups (broad SMARTS) is 1. The first kappa shape index (κ1) is 24.5. The second-order valence-electron chi connectivity index (χ2n) is 8.79. The van der Waals surface area contributed by atoms with E-state index in [2.05, 4.69) is 4.98 Å². The summed E-state index contributed by atoms with van der Waals surface area (Å²) >= 11 is 0. The molecule has 192 valence electrons. The second-order valence-corrected chi connectivity index (χ2v) is 8.79. The number of hydrogen-bond acceptors (Lipinski definition) is 3. The van der Waals surface area contributed by atoms with Crippen molar-refractivity contribution in [1.82, 2.24) is 14.1 Å². The number of benzene rings is 2. The van der Waals surface area contributed by atoms with Crippen molar-refractivity contribution < 1.29 is 31.9 Å². The number of fused-ring (bicyclic) bond motifs is 2. The highest BCUT2D eigenvalue weighted by Crippen LogP contribution is 2.36. The van der Waals surface area contributed by atoms with E-state index in [1.807, 2.05) is 0 Å². The molecule has 0 aliphatic heterocycles. The first-order chi connectivity index (χ1) is 17.5. The summed E-state index contributed by atoms with van der Waals surface area (Å²) in [7, 11) is 0. The molecule has 12 heteroatoms. The number of aromatic carboxylic acids is 1. The fourth-order valence-corrected chi connectivity index (χ4v) is 4.85. The van der Waals surface area contributed by atoms with Gasteiger partial charge in [-0.2, -0.15) is 13.2 Å². The van der Waals surface area contributed by atoms with Gasteiger partial charge < -0.3 is 14.7 Å². The van der Waals surface area contributed by atoms with Gasteiger partial charge in [-0.1, -0.05) is 0 Å². The van der Waals surface area contributed by atoms with Crippen LogP contribution in [0.4, 0.5) is 22.0 Å². The first-order valence-electron chi connectivity index (χ1n) is 11.3. The monoisotopic (exact) mass is 519 g/mol. The summed E-state index contributed by atoms with van der Waals surface area (Å²) < 4.78 is 70.6. The Balaban J connectivity index is 1.90. The summed E-state index contributed by atoms with van der Waals surface area (Å²) in [5, 5.41) is 9.77. The Morgan fingerprint density at radius 1 is 1.03 bits per heavy atom. The zero-order valence-corrected chi connectivity index (χ0v) is 19.0. The van der Waals surface area contributed by atoms with Gasteiger partial charge in [0.05, 0.1) is 23.3 Å². The Kier molecular flexibility index (Phi) is 5.76. The molecule has 0 atom stereocenters. The topological polar surface area (TPSA) is 97.1 Å². The third kappa shape index (κ3) is 4.11. The van der Waals surface area contributed by atoms with Crippen LogP contribution in [0.25, 0.3) is 16.6 Å². The summed E-state index contributed by atoms with van der Waals surface area (Å²) in [5.41, 5.74) is -4.05. The molecule has 2 N–H and O–H groups in total. The molecule has 0 fully saturated rings. The van der Waals surface area contributed by atoms with Crippen molar-refractivity contribution in [2.75, 3.05) is 0 Å². The zero-order chi connectivity index (χ0) is 26.6. The molecule has 0 radical (unpaired) electrons. The van der Waals surface area contributed by atoms with E-state index >= 15 is 0 Å². The van der Waals surface area contributed by atoms with Crippen LogP contribution in [0.5, 0.6) is 0 Å². The summed E-state index contributed by atoms with van der Waals surface area (Å²) in [6.07, 6.45) is -2.74. The van der Waals surface area contributed by atoms with Crippen molar-refractivity contribution in [3.05, 3.63) is 96.9 Å². The molecule has 5 rings (SSSR count). The van der Waals surface area contributed by atoms with Crippen LogP contribution in [0, 0.1) is 11.6 Å². The van der Waals surface area contributed by atoms with Crippen molar-refractivity contribution in [1.29, 1.82) is 0 Å². The van der Waals surface area contributed by atoms with Crippen LogP contribution in [0.2, 0.25) is 0 Å². The maximum absolute atomic E-state index is 14.5. The lowest BCUT2D eigenvalue weighted by molar-refractivity contribution is -0.137. The van der Waals surface area contributed by atoms with Crippen LogP contribution in [0.3, 0.4) is 0 Å². The number of aryl methyl sites for hydroxylation is 1. The van der Waals surface area contributed by atoms with Gasteiger partial charge >= 0.3 is 17.8 Å². The zero-order valence-electron chi connectivity index (χ0n) is 19.0. The normalized spacial score (nSPS) is 13.6.